The highest BCUT2D eigenvalue weighted by atomic mass is 19.1. The van der Waals surface area contributed by atoms with Gasteiger partial charge in [0.15, 0.2) is 0 Å². The van der Waals surface area contributed by atoms with Gasteiger partial charge >= 0.3 is 0 Å². The third-order valence-corrected chi connectivity index (χ3v) is 6.32. The van der Waals surface area contributed by atoms with Crippen LogP contribution in [0.2, 0.25) is 0 Å². The molecule has 0 saturated carbocycles. The van der Waals surface area contributed by atoms with Gasteiger partial charge in [-0.2, -0.15) is 0 Å². The summed E-state index contributed by atoms with van der Waals surface area (Å²) >= 11 is 0. The lowest BCUT2D eigenvalue weighted by Crippen LogP contribution is -2.38. The van der Waals surface area contributed by atoms with E-state index in [1.165, 1.54) is 24.5 Å². The van der Waals surface area contributed by atoms with Gasteiger partial charge in [-0.25, -0.2) is 18.7 Å². The first-order chi connectivity index (χ1) is 19.0. The fraction of sp³-hybridized carbons (Fsp3) is 0.207. The predicted octanol–water partition coefficient (Wildman–Crippen LogP) is 5.15. The number of morpholine rings is 1. The van der Waals surface area contributed by atoms with Crippen LogP contribution in [-0.2, 0) is 9.53 Å². The monoisotopic (exact) mass is 531 g/mol. The van der Waals surface area contributed by atoms with Crippen molar-refractivity contribution in [1.82, 2.24) is 14.9 Å². The van der Waals surface area contributed by atoms with Crippen molar-refractivity contribution < 1.29 is 23.0 Å². The fourth-order valence-electron chi connectivity index (χ4n) is 4.32. The first kappa shape index (κ1) is 26.2. The average Bonchev–Trinajstić information content (AvgIpc) is 2.94. The highest BCUT2D eigenvalue weighted by Gasteiger charge is 2.15. The molecule has 0 aliphatic carbocycles. The summed E-state index contributed by atoms with van der Waals surface area (Å²) in [6.07, 6.45) is 2.61. The van der Waals surface area contributed by atoms with Crippen LogP contribution in [0.4, 0.5) is 26.0 Å². The van der Waals surface area contributed by atoms with Crippen LogP contribution in [0, 0.1) is 11.6 Å². The highest BCUT2D eigenvalue weighted by Crippen LogP contribution is 2.34. The molecule has 1 fully saturated rings. The third kappa shape index (κ3) is 6.36. The number of halogens is 2. The molecule has 4 aromatic rings. The number of benzene rings is 3. The fourth-order valence-corrected chi connectivity index (χ4v) is 4.32. The van der Waals surface area contributed by atoms with Crippen LogP contribution >= 0.6 is 0 Å². The Morgan fingerprint density at radius 3 is 2.74 bits per heavy atom. The summed E-state index contributed by atoms with van der Waals surface area (Å²) < 4.78 is 39.2. The number of nitrogens with zero attached hydrogens (tertiary/aromatic N) is 3. The lowest BCUT2D eigenvalue weighted by molar-refractivity contribution is -0.111. The van der Waals surface area contributed by atoms with E-state index in [9.17, 15) is 13.6 Å². The summed E-state index contributed by atoms with van der Waals surface area (Å²) in [6, 6.07) is 14.0. The molecule has 1 aromatic heterocycles. The Kier molecular flexibility index (Phi) is 8.04. The Hall–Kier alpha value is -4.41. The van der Waals surface area contributed by atoms with Gasteiger partial charge in [-0.15, -0.1) is 0 Å². The van der Waals surface area contributed by atoms with Crippen LogP contribution in [0.15, 0.2) is 73.6 Å². The molecule has 2 heterocycles. The SMILES string of the molecule is C=CC(=O)Nc1cc2c(Nc3cccc(-c4ccc(F)cc4F)c3)ncnc2cc1OCCN1CCOCC1. The highest BCUT2D eigenvalue weighted by molar-refractivity contribution is 6.03. The number of fused-ring (bicyclic) bond motifs is 1. The largest absolute Gasteiger partial charge is 0.490 e. The smallest absolute Gasteiger partial charge is 0.247 e. The van der Waals surface area contributed by atoms with Crippen molar-refractivity contribution >= 4 is 34.0 Å². The molecule has 1 aliphatic heterocycles. The summed E-state index contributed by atoms with van der Waals surface area (Å²) in [5.41, 5.74) is 2.55. The van der Waals surface area contributed by atoms with E-state index < -0.39 is 11.6 Å². The Morgan fingerprint density at radius 1 is 1.10 bits per heavy atom. The molecular weight excluding hydrogens is 504 g/mol. The van der Waals surface area contributed by atoms with Crippen LogP contribution in [0.1, 0.15) is 0 Å². The zero-order valence-electron chi connectivity index (χ0n) is 21.1. The number of amides is 1. The minimum Gasteiger partial charge on any atom is -0.490 e. The van der Waals surface area contributed by atoms with Crippen molar-refractivity contribution in [2.45, 2.75) is 0 Å². The average molecular weight is 532 g/mol. The van der Waals surface area contributed by atoms with Crippen molar-refractivity contribution in [3.8, 4) is 16.9 Å². The van der Waals surface area contributed by atoms with E-state index in [0.29, 0.717) is 59.2 Å². The van der Waals surface area contributed by atoms with Crippen LogP contribution in [0.5, 0.6) is 5.75 Å². The number of rotatable bonds is 9. The number of hydrogen-bond acceptors (Lipinski definition) is 7. The Morgan fingerprint density at radius 2 is 1.95 bits per heavy atom. The molecule has 1 amide bonds. The van der Waals surface area contributed by atoms with Crippen LogP contribution in [0.3, 0.4) is 0 Å². The number of aromatic nitrogens is 2. The summed E-state index contributed by atoms with van der Waals surface area (Å²) in [7, 11) is 0. The van der Waals surface area contributed by atoms with E-state index in [2.05, 4.69) is 32.1 Å². The third-order valence-electron chi connectivity index (χ3n) is 6.32. The molecule has 0 unspecified atom stereocenters. The van der Waals surface area contributed by atoms with E-state index in [1.54, 1.807) is 30.3 Å². The molecule has 10 heteroatoms. The van der Waals surface area contributed by atoms with Gasteiger partial charge in [0.1, 0.15) is 36.1 Å². The Balaban J connectivity index is 1.43. The van der Waals surface area contributed by atoms with Crippen molar-refractivity contribution in [3.63, 3.8) is 0 Å². The van der Waals surface area contributed by atoms with E-state index in [0.717, 1.165) is 25.7 Å². The van der Waals surface area contributed by atoms with Gasteiger partial charge in [-0.05, 0) is 42.0 Å². The molecule has 8 nitrogen and oxygen atoms in total. The van der Waals surface area contributed by atoms with Gasteiger partial charge in [0.25, 0.3) is 0 Å². The van der Waals surface area contributed by atoms with Gasteiger partial charge in [0, 0.05) is 48.4 Å². The van der Waals surface area contributed by atoms with E-state index in [4.69, 9.17) is 9.47 Å². The van der Waals surface area contributed by atoms with E-state index in [-0.39, 0.29) is 11.5 Å². The minimum atomic E-state index is -0.650. The van der Waals surface area contributed by atoms with Crippen molar-refractivity contribution in [3.05, 3.63) is 85.2 Å². The molecule has 1 aliphatic rings. The summed E-state index contributed by atoms with van der Waals surface area (Å²) in [5.74, 6) is -0.715. The maximum atomic E-state index is 14.4. The second kappa shape index (κ2) is 12.0. The lowest BCUT2D eigenvalue weighted by atomic mass is 10.0. The number of carbonyl (C=O) groups is 1. The minimum absolute atomic E-state index is 0.279. The van der Waals surface area contributed by atoms with Crippen LogP contribution in [0.25, 0.3) is 22.0 Å². The summed E-state index contributed by atoms with van der Waals surface area (Å²) in [5, 5.41) is 6.69. The standard InChI is InChI=1S/C29H27F2N5O3/c1-2-28(37)35-26-16-23-25(17-27(26)39-13-10-36-8-11-38-12-9-36)32-18-33-29(23)34-21-5-3-4-19(14-21)22-7-6-20(30)15-24(22)31/h2-7,14-18H,1,8-13H2,(H,35,37)(H,32,33,34). The lowest BCUT2D eigenvalue weighted by Gasteiger charge is -2.26. The number of nitrogens with one attached hydrogen (secondary N) is 2. The molecule has 5 rings (SSSR count). The predicted molar refractivity (Wildman–Crippen MR) is 146 cm³/mol. The first-order valence-corrected chi connectivity index (χ1v) is 12.5. The van der Waals surface area contributed by atoms with Crippen LogP contribution < -0.4 is 15.4 Å². The van der Waals surface area contributed by atoms with Gasteiger partial charge in [0.05, 0.1) is 24.4 Å². The molecule has 39 heavy (non-hydrogen) atoms. The van der Waals surface area contributed by atoms with Gasteiger partial charge in [-0.1, -0.05) is 18.7 Å². The molecule has 0 atom stereocenters. The molecule has 2 N–H and O–H groups in total. The number of carbonyl (C=O) groups excluding carboxylic acids is 1. The number of ether oxygens (including phenoxy) is 2. The van der Waals surface area contributed by atoms with Crippen LogP contribution in [-0.4, -0.2) is 60.2 Å². The molecule has 0 spiro atoms. The zero-order chi connectivity index (χ0) is 27.2. The zero-order valence-corrected chi connectivity index (χ0v) is 21.1. The van der Waals surface area contributed by atoms with Crippen molar-refractivity contribution in [2.75, 3.05) is 50.1 Å². The quantitative estimate of drug-likeness (QED) is 0.289. The van der Waals surface area contributed by atoms with Gasteiger partial charge in [-0.3, -0.25) is 9.69 Å². The second-order valence-corrected chi connectivity index (χ2v) is 8.91. The topological polar surface area (TPSA) is 88.6 Å². The first-order valence-electron chi connectivity index (χ1n) is 12.5. The van der Waals surface area contributed by atoms with E-state index >= 15 is 0 Å². The summed E-state index contributed by atoms with van der Waals surface area (Å²) in [6.45, 7) is 7.77. The second-order valence-electron chi connectivity index (χ2n) is 8.91. The molecule has 3 aromatic carbocycles. The Labute approximate surface area is 224 Å². The molecule has 0 bridgehead atoms. The molecule has 0 radical (unpaired) electrons. The van der Waals surface area contributed by atoms with Gasteiger partial charge in [0.2, 0.25) is 5.91 Å². The maximum Gasteiger partial charge on any atom is 0.247 e. The van der Waals surface area contributed by atoms with Crippen molar-refractivity contribution in [2.24, 2.45) is 0 Å². The Bertz CT molecular complexity index is 1510. The van der Waals surface area contributed by atoms with Crippen molar-refractivity contribution in [1.29, 1.82) is 0 Å². The number of hydrogen-bond donors (Lipinski definition) is 2. The normalized spacial score (nSPS) is 13.7. The molecular formula is C29H27F2N5O3. The molecule has 1 saturated heterocycles. The summed E-state index contributed by atoms with van der Waals surface area (Å²) in [4.78, 5) is 23.2. The van der Waals surface area contributed by atoms with Gasteiger partial charge < -0.3 is 20.1 Å². The number of anilines is 3. The van der Waals surface area contributed by atoms with E-state index in [1.807, 2.05) is 6.07 Å². The maximum absolute atomic E-state index is 14.4. The molecule has 200 valence electrons.